The van der Waals surface area contributed by atoms with Gasteiger partial charge in [-0.25, -0.2) is 0 Å². The number of aliphatic hydroxyl groups is 1. The minimum Gasteiger partial charge on any atom is -0.504 e. The molecule has 2 nitrogen and oxygen atoms in total. The molecule has 0 bridgehead atoms. The lowest BCUT2D eigenvalue weighted by atomic mass is 10.1. The van der Waals surface area contributed by atoms with Crippen LogP contribution in [0.1, 0.15) is 13.8 Å². The monoisotopic (exact) mass is 140 g/mol. The second-order valence-electron chi connectivity index (χ2n) is 2.37. The minimum atomic E-state index is -0.919. The van der Waals surface area contributed by atoms with Gasteiger partial charge in [-0.15, -0.1) is 0 Å². The number of ether oxygens (including phenoxy) is 1. The Bertz CT molecular complexity index is 164. The van der Waals surface area contributed by atoms with E-state index >= 15 is 0 Å². The highest BCUT2D eigenvalue weighted by molar-refractivity contribution is 5.19. The van der Waals surface area contributed by atoms with Crippen molar-refractivity contribution in [3.63, 3.8) is 0 Å². The van der Waals surface area contributed by atoms with Crippen LogP contribution in [-0.4, -0.2) is 17.8 Å². The molecule has 10 heavy (non-hydrogen) atoms. The van der Waals surface area contributed by atoms with Crippen molar-refractivity contribution in [2.24, 2.45) is 0 Å². The molecule has 0 aromatic rings. The van der Waals surface area contributed by atoms with Crippen LogP contribution < -0.4 is 0 Å². The first-order valence-electron chi connectivity index (χ1n) is 2.99. The van der Waals surface area contributed by atoms with Crippen molar-refractivity contribution in [1.82, 2.24) is 0 Å². The maximum Gasteiger partial charge on any atom is 0.120 e. The first kappa shape index (κ1) is 9.06. The zero-order chi connectivity index (χ0) is 8.04. The zero-order valence-electron chi connectivity index (χ0n) is 6.51. The molecule has 0 fully saturated rings. The standard InChI is InChI=1S/C8H12O2/c1-8(2,9)6-4-5-7-10-3/h5,7,9H,1-3H3/b7-5+. The van der Waals surface area contributed by atoms with Gasteiger partial charge < -0.3 is 9.84 Å². The molecule has 0 aliphatic carbocycles. The van der Waals surface area contributed by atoms with Crippen LogP contribution in [0.4, 0.5) is 0 Å². The summed E-state index contributed by atoms with van der Waals surface area (Å²) in [5, 5.41) is 9.07. The Morgan fingerprint density at radius 3 is 2.50 bits per heavy atom. The maximum atomic E-state index is 9.07. The van der Waals surface area contributed by atoms with Crippen LogP contribution >= 0.6 is 0 Å². The van der Waals surface area contributed by atoms with Gasteiger partial charge in [-0.3, -0.25) is 0 Å². The lowest BCUT2D eigenvalue weighted by molar-refractivity contribution is 0.143. The van der Waals surface area contributed by atoms with E-state index in [0.717, 1.165) is 0 Å². The summed E-state index contributed by atoms with van der Waals surface area (Å²) in [7, 11) is 1.54. The normalized spacial score (nSPS) is 10.8. The van der Waals surface area contributed by atoms with Crippen molar-refractivity contribution in [2.45, 2.75) is 19.4 Å². The predicted molar refractivity (Wildman–Crippen MR) is 40.2 cm³/mol. The summed E-state index contributed by atoms with van der Waals surface area (Å²) in [6.45, 7) is 3.25. The van der Waals surface area contributed by atoms with Gasteiger partial charge in [0.2, 0.25) is 0 Å². The third-order valence-electron chi connectivity index (χ3n) is 0.666. The van der Waals surface area contributed by atoms with Crippen LogP contribution in [0.3, 0.4) is 0 Å². The van der Waals surface area contributed by atoms with Crippen molar-refractivity contribution in [2.75, 3.05) is 7.11 Å². The van der Waals surface area contributed by atoms with Gasteiger partial charge in [-0.1, -0.05) is 11.8 Å². The van der Waals surface area contributed by atoms with E-state index in [1.165, 1.54) is 12.3 Å². The van der Waals surface area contributed by atoms with E-state index in [9.17, 15) is 0 Å². The SMILES string of the molecule is CO/C=C/C#CC(C)(C)O. The second kappa shape index (κ2) is 3.97. The summed E-state index contributed by atoms with van der Waals surface area (Å²) in [5.74, 6) is 5.22. The number of hydrogen-bond acceptors (Lipinski definition) is 2. The molecule has 0 saturated carbocycles. The van der Waals surface area contributed by atoms with Crippen LogP contribution in [0.5, 0.6) is 0 Å². The lowest BCUT2D eigenvalue weighted by Gasteiger charge is -2.04. The largest absolute Gasteiger partial charge is 0.504 e. The molecule has 0 aliphatic heterocycles. The fourth-order valence-electron chi connectivity index (χ4n) is 0.320. The zero-order valence-corrected chi connectivity index (χ0v) is 6.51. The molecule has 0 saturated heterocycles. The topological polar surface area (TPSA) is 29.5 Å². The molecule has 56 valence electrons. The summed E-state index contributed by atoms with van der Waals surface area (Å²) in [6, 6.07) is 0. The molecule has 0 aromatic heterocycles. The second-order valence-corrected chi connectivity index (χ2v) is 2.37. The summed E-state index contributed by atoms with van der Waals surface area (Å²) < 4.78 is 4.59. The highest BCUT2D eigenvalue weighted by Gasteiger charge is 2.04. The number of methoxy groups -OCH3 is 1. The molecule has 0 aliphatic rings. The lowest BCUT2D eigenvalue weighted by Crippen LogP contribution is -2.14. The van der Waals surface area contributed by atoms with Crippen LogP contribution in [-0.2, 0) is 4.74 Å². The molecule has 0 unspecified atom stereocenters. The smallest absolute Gasteiger partial charge is 0.120 e. The Kier molecular flexibility index (Phi) is 3.60. The Labute approximate surface area is 61.5 Å². The highest BCUT2D eigenvalue weighted by Crippen LogP contribution is 1.95. The fraction of sp³-hybridized carbons (Fsp3) is 0.500. The summed E-state index contributed by atoms with van der Waals surface area (Å²) in [6.07, 6.45) is 3.00. The van der Waals surface area contributed by atoms with Crippen LogP contribution in [0, 0.1) is 11.8 Å². The first-order chi connectivity index (χ1) is 4.56. The van der Waals surface area contributed by atoms with E-state index in [4.69, 9.17) is 5.11 Å². The molecule has 1 N–H and O–H groups in total. The molecular weight excluding hydrogens is 128 g/mol. The molecule has 0 rings (SSSR count). The van der Waals surface area contributed by atoms with Crippen molar-refractivity contribution >= 4 is 0 Å². The van der Waals surface area contributed by atoms with Gasteiger partial charge in [-0.05, 0) is 13.8 Å². The van der Waals surface area contributed by atoms with E-state index in [0.29, 0.717) is 0 Å². The third-order valence-corrected chi connectivity index (χ3v) is 0.666. The van der Waals surface area contributed by atoms with Gasteiger partial charge in [0.15, 0.2) is 0 Å². The van der Waals surface area contributed by atoms with Crippen LogP contribution in [0.15, 0.2) is 12.3 Å². The molecule has 0 heterocycles. The van der Waals surface area contributed by atoms with Crippen LogP contribution in [0.25, 0.3) is 0 Å². The van der Waals surface area contributed by atoms with Gasteiger partial charge in [-0.2, -0.15) is 0 Å². The van der Waals surface area contributed by atoms with E-state index in [1.807, 2.05) is 0 Å². The number of rotatable bonds is 1. The average Bonchev–Trinajstić information content (AvgIpc) is 1.78. The molecular formula is C8H12O2. The molecule has 0 aromatic carbocycles. The minimum absolute atomic E-state index is 0.919. The summed E-state index contributed by atoms with van der Waals surface area (Å²) >= 11 is 0. The van der Waals surface area contributed by atoms with Crippen molar-refractivity contribution in [3.05, 3.63) is 12.3 Å². The Morgan fingerprint density at radius 1 is 1.50 bits per heavy atom. The maximum absolute atomic E-state index is 9.07. The first-order valence-corrected chi connectivity index (χ1v) is 2.99. The van der Waals surface area contributed by atoms with E-state index in [-0.39, 0.29) is 0 Å². The van der Waals surface area contributed by atoms with Crippen molar-refractivity contribution < 1.29 is 9.84 Å². The van der Waals surface area contributed by atoms with Crippen molar-refractivity contribution in [3.8, 4) is 11.8 Å². The highest BCUT2D eigenvalue weighted by atomic mass is 16.5. The van der Waals surface area contributed by atoms with Crippen LogP contribution in [0.2, 0.25) is 0 Å². The van der Waals surface area contributed by atoms with Gasteiger partial charge in [0.1, 0.15) is 5.60 Å². The third kappa shape index (κ3) is 7.06. The molecule has 2 heteroatoms. The Morgan fingerprint density at radius 2 is 2.10 bits per heavy atom. The van der Waals surface area contributed by atoms with Gasteiger partial charge in [0, 0.05) is 6.08 Å². The fourth-order valence-corrected chi connectivity index (χ4v) is 0.320. The number of hydrogen-bond donors (Lipinski definition) is 1. The predicted octanol–water partition coefficient (Wildman–Crippen LogP) is 0.921. The van der Waals surface area contributed by atoms with Gasteiger partial charge in [0.25, 0.3) is 0 Å². The Hall–Kier alpha value is -0.940. The summed E-state index contributed by atoms with van der Waals surface area (Å²) in [5.41, 5.74) is -0.919. The van der Waals surface area contributed by atoms with E-state index in [1.54, 1.807) is 21.0 Å². The number of allylic oxidation sites excluding steroid dienone is 1. The molecule has 0 radical (unpaired) electrons. The average molecular weight is 140 g/mol. The van der Waals surface area contributed by atoms with E-state index < -0.39 is 5.60 Å². The quantitative estimate of drug-likeness (QED) is 0.433. The molecule has 0 amide bonds. The van der Waals surface area contributed by atoms with Crippen molar-refractivity contribution in [1.29, 1.82) is 0 Å². The molecule has 0 spiro atoms. The van der Waals surface area contributed by atoms with E-state index in [2.05, 4.69) is 16.6 Å². The van der Waals surface area contributed by atoms with Gasteiger partial charge in [0.05, 0.1) is 13.4 Å². The Balaban J connectivity index is 3.81. The molecule has 0 atom stereocenters. The van der Waals surface area contributed by atoms with Gasteiger partial charge >= 0.3 is 0 Å². The summed E-state index contributed by atoms with van der Waals surface area (Å²) in [4.78, 5) is 0.